The van der Waals surface area contributed by atoms with Gasteiger partial charge in [0.2, 0.25) is 0 Å². The summed E-state index contributed by atoms with van der Waals surface area (Å²) < 4.78 is 64.6. The maximum Gasteiger partial charge on any atom is 0.411 e. The second-order valence-electron chi connectivity index (χ2n) is 16.0. The molecular weight excluding hydrogens is 819 g/mol. The van der Waals surface area contributed by atoms with Crippen LogP contribution in [0.25, 0.3) is 0 Å². The van der Waals surface area contributed by atoms with Crippen molar-refractivity contribution in [1.82, 2.24) is 4.90 Å². The van der Waals surface area contributed by atoms with Gasteiger partial charge in [-0.25, -0.2) is 4.79 Å². The van der Waals surface area contributed by atoms with Gasteiger partial charge in [-0.05, 0) is 27.8 Å². The Morgan fingerprint density at radius 3 is 1.50 bits per heavy atom. The van der Waals surface area contributed by atoms with Crippen molar-refractivity contribution in [3.05, 3.63) is 179 Å². The minimum atomic E-state index is -1.09. The first-order chi connectivity index (χ1) is 31.4. The average molecular weight is 874 g/mol. The van der Waals surface area contributed by atoms with Crippen molar-refractivity contribution >= 4 is 12.1 Å². The molecule has 0 bridgehead atoms. The molecule has 3 fully saturated rings. The number of hydrogen-bond donors (Lipinski definition) is 0. The topological polar surface area (TPSA) is 130 Å². The molecule has 0 aromatic heterocycles. The molecule has 0 aliphatic carbocycles. The van der Waals surface area contributed by atoms with Crippen LogP contribution < -0.4 is 0 Å². The molecule has 5 aromatic carbocycles. The number of hydrogen-bond acceptors (Lipinski definition) is 12. The summed E-state index contributed by atoms with van der Waals surface area (Å²) in [6, 6.07) is 48.0. The van der Waals surface area contributed by atoms with Crippen LogP contribution in [0.2, 0.25) is 0 Å². The molecule has 10 atom stereocenters. The maximum atomic E-state index is 13.8. The third kappa shape index (κ3) is 11.6. The average Bonchev–Trinajstić information content (AvgIpc) is 3.66. The molecule has 1 amide bonds. The van der Waals surface area contributed by atoms with Crippen LogP contribution in [0.1, 0.15) is 34.7 Å². The first-order valence-electron chi connectivity index (χ1n) is 21.7. The Kier molecular flexibility index (Phi) is 15.8. The molecule has 3 heterocycles. The predicted molar refractivity (Wildman–Crippen MR) is 233 cm³/mol. The van der Waals surface area contributed by atoms with Crippen molar-refractivity contribution in [3.8, 4) is 0 Å². The summed E-state index contributed by atoms with van der Waals surface area (Å²) in [7, 11) is 1.56. The molecule has 13 heteroatoms. The zero-order chi connectivity index (χ0) is 44.1. The Morgan fingerprint density at radius 2 is 0.984 bits per heavy atom. The molecule has 3 aliphatic rings. The Labute approximate surface area is 374 Å². The zero-order valence-corrected chi connectivity index (χ0v) is 36.0. The second kappa shape index (κ2) is 22.4. The van der Waals surface area contributed by atoms with E-state index in [1.165, 1.54) is 6.92 Å². The van der Waals surface area contributed by atoms with Crippen LogP contribution in [-0.2, 0) is 85.1 Å². The summed E-state index contributed by atoms with van der Waals surface area (Å²) in [5, 5.41) is 0. The van der Waals surface area contributed by atoms with Gasteiger partial charge < -0.3 is 47.4 Å². The van der Waals surface area contributed by atoms with Crippen LogP contribution in [0.15, 0.2) is 152 Å². The summed E-state index contributed by atoms with van der Waals surface area (Å²) in [6.07, 6.45) is -8.38. The van der Waals surface area contributed by atoms with Crippen LogP contribution in [0.3, 0.4) is 0 Å². The van der Waals surface area contributed by atoms with Gasteiger partial charge in [-0.2, -0.15) is 0 Å². The van der Waals surface area contributed by atoms with Crippen LogP contribution in [0.5, 0.6) is 0 Å². The lowest BCUT2D eigenvalue weighted by molar-refractivity contribution is -0.335. The fraction of sp³-hybridized carbons (Fsp3) is 0.373. The summed E-state index contributed by atoms with van der Waals surface area (Å²) in [5.41, 5.74) is 4.70. The number of nitrogens with zero attached hydrogens (tertiary/aromatic N) is 1. The van der Waals surface area contributed by atoms with Crippen molar-refractivity contribution in [2.45, 2.75) is 101 Å². The van der Waals surface area contributed by atoms with E-state index in [0.29, 0.717) is 0 Å². The zero-order valence-electron chi connectivity index (χ0n) is 36.0. The second-order valence-corrected chi connectivity index (χ2v) is 16.0. The van der Waals surface area contributed by atoms with E-state index in [4.69, 9.17) is 47.4 Å². The fourth-order valence-corrected chi connectivity index (χ4v) is 8.34. The molecule has 0 spiro atoms. The Morgan fingerprint density at radius 1 is 0.531 bits per heavy atom. The van der Waals surface area contributed by atoms with E-state index in [1.807, 2.05) is 152 Å². The number of amides is 1. The number of carbonyl (C=O) groups is 2. The van der Waals surface area contributed by atoms with Gasteiger partial charge in [0, 0.05) is 20.6 Å². The van der Waals surface area contributed by atoms with Crippen molar-refractivity contribution in [2.75, 3.05) is 20.3 Å². The SMILES string of the molecule is CO[C@@H]1O[C@H](CO[C@@H]2O[C@H](COCc3ccccc3)[C@@H](OC(C)=O)[C@@H]3OC(=O)N(Cc4ccccc4)[C@@H]23)[C@@H](OCc2ccccc2)[C@H](OCc2ccccc2)[C@H]1OCc1ccccc1. The van der Waals surface area contributed by atoms with Gasteiger partial charge in [0.05, 0.1) is 39.6 Å². The highest BCUT2D eigenvalue weighted by atomic mass is 16.7. The third-order valence-corrected chi connectivity index (χ3v) is 11.4. The van der Waals surface area contributed by atoms with Crippen molar-refractivity contribution in [1.29, 1.82) is 0 Å². The van der Waals surface area contributed by atoms with E-state index < -0.39 is 73.4 Å². The molecule has 0 saturated carbocycles. The molecule has 3 aliphatic heterocycles. The van der Waals surface area contributed by atoms with E-state index in [2.05, 4.69) is 0 Å². The molecule has 64 heavy (non-hydrogen) atoms. The van der Waals surface area contributed by atoms with Gasteiger partial charge in [0.15, 0.2) is 24.8 Å². The number of rotatable bonds is 20. The standard InChI is InChI=1S/C51H55NO12/c1-35(53)61-45-41(33-56-29-37-20-10-4-11-21-37)62-49(43-46(45)64-51(54)52(43)28-36-18-8-3-9-19-36)60-34-42-44(57-30-38-22-12-5-13-23-38)47(58-31-39-24-14-6-15-25-39)48(50(55-2)63-42)59-32-40-26-16-7-17-27-40/h3-27,41-50H,28-34H2,1-2H3/t41-,42-,43-,44-,45-,46-,47+,48-,49-,50-/m1/s1. The minimum Gasteiger partial charge on any atom is -0.456 e. The predicted octanol–water partition coefficient (Wildman–Crippen LogP) is 7.39. The molecule has 0 radical (unpaired) electrons. The lowest BCUT2D eigenvalue weighted by Crippen LogP contribution is -2.64. The first-order valence-corrected chi connectivity index (χ1v) is 21.7. The van der Waals surface area contributed by atoms with Crippen molar-refractivity contribution in [2.24, 2.45) is 0 Å². The van der Waals surface area contributed by atoms with E-state index in [-0.39, 0.29) is 46.2 Å². The summed E-state index contributed by atoms with van der Waals surface area (Å²) >= 11 is 0. The smallest absolute Gasteiger partial charge is 0.411 e. The number of ether oxygens (including phenoxy) is 10. The highest BCUT2D eigenvalue weighted by Gasteiger charge is 2.59. The molecule has 0 unspecified atom stereocenters. The van der Waals surface area contributed by atoms with E-state index in [0.717, 1.165) is 27.8 Å². The number of benzene rings is 5. The number of fused-ring (bicyclic) bond motifs is 1. The Balaban J connectivity index is 1.10. The fourth-order valence-electron chi connectivity index (χ4n) is 8.34. The van der Waals surface area contributed by atoms with Gasteiger partial charge in [0.1, 0.15) is 36.6 Å². The lowest BCUT2D eigenvalue weighted by atomic mass is 9.95. The Bertz CT molecular complexity index is 2170. The highest BCUT2D eigenvalue weighted by Crippen LogP contribution is 2.38. The van der Waals surface area contributed by atoms with Crippen molar-refractivity contribution in [3.63, 3.8) is 0 Å². The van der Waals surface area contributed by atoms with Crippen LogP contribution >= 0.6 is 0 Å². The van der Waals surface area contributed by atoms with Gasteiger partial charge in [-0.1, -0.05) is 152 Å². The molecule has 336 valence electrons. The first kappa shape index (κ1) is 45.1. The van der Waals surface area contributed by atoms with Gasteiger partial charge >= 0.3 is 12.1 Å². The van der Waals surface area contributed by atoms with Crippen LogP contribution in [0.4, 0.5) is 4.79 Å². The van der Waals surface area contributed by atoms with E-state index in [9.17, 15) is 9.59 Å². The van der Waals surface area contributed by atoms with E-state index in [1.54, 1.807) is 12.0 Å². The minimum absolute atomic E-state index is 0.0104. The molecular formula is C51H55NO12. The largest absolute Gasteiger partial charge is 0.456 e. The molecule has 8 rings (SSSR count). The van der Waals surface area contributed by atoms with E-state index >= 15 is 0 Å². The van der Waals surface area contributed by atoms with Gasteiger partial charge in [-0.3, -0.25) is 9.69 Å². The summed E-state index contributed by atoms with van der Waals surface area (Å²) in [6.45, 7) is 2.47. The molecule has 5 aromatic rings. The van der Waals surface area contributed by atoms with Gasteiger partial charge in [0.25, 0.3) is 0 Å². The number of esters is 1. The summed E-state index contributed by atoms with van der Waals surface area (Å²) in [5.74, 6) is -0.553. The normalized spacial score (nSPS) is 26.5. The summed E-state index contributed by atoms with van der Waals surface area (Å²) in [4.78, 5) is 28.0. The lowest BCUT2D eigenvalue weighted by Gasteiger charge is -2.47. The number of carbonyl (C=O) groups excluding carboxylic acids is 2. The maximum absolute atomic E-state index is 13.8. The van der Waals surface area contributed by atoms with Crippen LogP contribution in [0, 0.1) is 0 Å². The third-order valence-electron chi connectivity index (χ3n) is 11.4. The van der Waals surface area contributed by atoms with Gasteiger partial charge in [-0.15, -0.1) is 0 Å². The Hall–Kier alpha value is -5.48. The highest BCUT2D eigenvalue weighted by molar-refractivity contribution is 5.71. The van der Waals surface area contributed by atoms with Crippen LogP contribution in [-0.4, -0.2) is 98.6 Å². The molecule has 13 nitrogen and oxygen atoms in total. The molecule has 3 saturated heterocycles. The molecule has 0 N–H and O–H groups in total. The monoisotopic (exact) mass is 873 g/mol. The quantitative estimate of drug-likeness (QED) is 0.0724. The number of methoxy groups -OCH3 is 1. The van der Waals surface area contributed by atoms with Crippen molar-refractivity contribution < 1.29 is 57.0 Å².